The summed E-state index contributed by atoms with van der Waals surface area (Å²) < 4.78 is 0. The van der Waals surface area contributed by atoms with E-state index >= 15 is 0 Å². The summed E-state index contributed by atoms with van der Waals surface area (Å²) in [5.41, 5.74) is 15.9. The molecule has 226 valence electrons. The number of hydrogen-bond donors (Lipinski definition) is 1. The van der Waals surface area contributed by atoms with Gasteiger partial charge in [0.2, 0.25) is 0 Å². The molecule has 0 bridgehead atoms. The highest BCUT2D eigenvalue weighted by molar-refractivity contribution is 6.21. The van der Waals surface area contributed by atoms with Crippen LogP contribution in [0.15, 0.2) is 146 Å². The number of rotatable bonds is 7. The fourth-order valence-electron chi connectivity index (χ4n) is 7.37. The number of allylic oxidation sites excluding steroid dienone is 5. The standard InChI is InChI=1S/C44H40N2/c1-5-15-33(29-46(4)25-14-6-13-24-45)43-36-20-10-9-19-35(36)42(32-23-22-30-16-7-8-17-31(30)26-32)39-28-41-37(27-38(39)43)34-18-11-12-21-40(34)44(41,2)3/h5-24,26-29H,25,45H2,1-4H3/b14-6-,15-5-,24-13-,33-29+. The van der Waals surface area contributed by atoms with Gasteiger partial charge in [-0.05, 0) is 114 Å². The first kappa shape index (κ1) is 29.4. The molecule has 7 rings (SSSR count). The van der Waals surface area contributed by atoms with Crippen LogP contribution in [0.3, 0.4) is 0 Å². The maximum Gasteiger partial charge on any atom is 0.0354 e. The predicted molar refractivity (Wildman–Crippen MR) is 200 cm³/mol. The molecular weight excluding hydrogens is 556 g/mol. The van der Waals surface area contributed by atoms with E-state index in [1.807, 2.05) is 12.2 Å². The molecule has 2 N–H and O–H groups in total. The molecule has 0 radical (unpaired) electrons. The molecule has 1 aliphatic carbocycles. The fraction of sp³-hybridized carbons (Fsp3) is 0.136. The summed E-state index contributed by atoms with van der Waals surface area (Å²) in [5, 5.41) is 7.58. The molecule has 2 nitrogen and oxygen atoms in total. The van der Waals surface area contributed by atoms with Gasteiger partial charge in [-0.15, -0.1) is 0 Å². The van der Waals surface area contributed by atoms with Crippen LogP contribution in [-0.4, -0.2) is 18.5 Å². The van der Waals surface area contributed by atoms with Crippen molar-refractivity contribution < 1.29 is 0 Å². The smallest absolute Gasteiger partial charge is 0.0354 e. The van der Waals surface area contributed by atoms with E-state index in [0.29, 0.717) is 0 Å². The molecule has 46 heavy (non-hydrogen) atoms. The van der Waals surface area contributed by atoms with Gasteiger partial charge in [-0.3, -0.25) is 0 Å². The van der Waals surface area contributed by atoms with Crippen molar-refractivity contribution in [3.63, 3.8) is 0 Å². The number of nitrogens with two attached hydrogens (primary N) is 1. The predicted octanol–water partition coefficient (Wildman–Crippen LogP) is 11.0. The Bertz CT molecular complexity index is 2240. The van der Waals surface area contributed by atoms with Gasteiger partial charge < -0.3 is 10.6 Å². The third-order valence-corrected chi connectivity index (χ3v) is 9.51. The van der Waals surface area contributed by atoms with Gasteiger partial charge in [0.1, 0.15) is 0 Å². The Morgan fingerprint density at radius 3 is 2.26 bits per heavy atom. The van der Waals surface area contributed by atoms with E-state index in [2.05, 4.69) is 160 Å². The van der Waals surface area contributed by atoms with Gasteiger partial charge >= 0.3 is 0 Å². The quantitative estimate of drug-likeness (QED) is 0.147. The summed E-state index contributed by atoms with van der Waals surface area (Å²) >= 11 is 0. The number of hydrogen-bond acceptors (Lipinski definition) is 2. The zero-order valence-corrected chi connectivity index (χ0v) is 27.1. The number of nitrogens with zero attached hydrogens (tertiary/aromatic N) is 1. The molecule has 0 aliphatic heterocycles. The number of benzene rings is 6. The largest absolute Gasteiger partial charge is 0.405 e. The van der Waals surface area contributed by atoms with Gasteiger partial charge in [-0.1, -0.05) is 123 Å². The maximum absolute atomic E-state index is 5.55. The van der Waals surface area contributed by atoms with Crippen LogP contribution in [0.1, 0.15) is 37.5 Å². The van der Waals surface area contributed by atoms with Gasteiger partial charge in [-0.2, -0.15) is 0 Å². The Morgan fingerprint density at radius 1 is 0.717 bits per heavy atom. The zero-order chi connectivity index (χ0) is 31.8. The molecule has 0 atom stereocenters. The van der Waals surface area contributed by atoms with Crippen LogP contribution < -0.4 is 5.73 Å². The van der Waals surface area contributed by atoms with Crippen LogP contribution >= 0.6 is 0 Å². The van der Waals surface area contributed by atoms with Crippen molar-refractivity contribution >= 4 is 37.9 Å². The Hall–Kier alpha value is -5.34. The van der Waals surface area contributed by atoms with Crippen LogP contribution in [0.4, 0.5) is 0 Å². The van der Waals surface area contributed by atoms with E-state index in [4.69, 9.17) is 5.73 Å². The Balaban J connectivity index is 1.60. The highest BCUT2D eigenvalue weighted by Gasteiger charge is 2.36. The maximum atomic E-state index is 5.55. The first-order valence-electron chi connectivity index (χ1n) is 16.1. The topological polar surface area (TPSA) is 29.3 Å². The van der Waals surface area contributed by atoms with Gasteiger partial charge in [-0.25, -0.2) is 0 Å². The SMILES string of the molecule is C/C=C\C(=C/N(C)C/C=C\C=C/N)c1c2ccccc2c(-c2ccc3ccccc3c2)c2cc3c(cc12)-c1ccccc1C3(C)C. The van der Waals surface area contributed by atoms with Gasteiger partial charge in [0.25, 0.3) is 0 Å². The summed E-state index contributed by atoms with van der Waals surface area (Å²) in [5.74, 6) is 0. The average molecular weight is 597 g/mol. The molecule has 1 aliphatic rings. The van der Waals surface area contributed by atoms with Crippen molar-refractivity contribution in [2.24, 2.45) is 5.73 Å². The Morgan fingerprint density at radius 2 is 1.46 bits per heavy atom. The molecule has 0 spiro atoms. The molecule has 0 saturated heterocycles. The Kier molecular flexibility index (Phi) is 7.58. The lowest BCUT2D eigenvalue weighted by atomic mass is 9.79. The van der Waals surface area contributed by atoms with Crippen molar-refractivity contribution in [1.82, 2.24) is 4.90 Å². The van der Waals surface area contributed by atoms with Crippen LogP contribution in [-0.2, 0) is 5.41 Å². The summed E-state index contributed by atoms with van der Waals surface area (Å²) in [6.45, 7) is 7.61. The minimum atomic E-state index is -0.0981. The molecule has 0 amide bonds. The van der Waals surface area contributed by atoms with Crippen molar-refractivity contribution in [3.05, 3.63) is 163 Å². The molecule has 0 fully saturated rings. The molecule has 6 aromatic rings. The highest BCUT2D eigenvalue weighted by Crippen LogP contribution is 2.52. The van der Waals surface area contributed by atoms with Crippen LogP contribution in [0.2, 0.25) is 0 Å². The molecule has 0 heterocycles. The molecule has 6 aromatic carbocycles. The van der Waals surface area contributed by atoms with Gasteiger partial charge in [0, 0.05) is 25.2 Å². The lowest BCUT2D eigenvalue weighted by molar-refractivity contribution is 0.512. The van der Waals surface area contributed by atoms with Crippen molar-refractivity contribution in [1.29, 1.82) is 0 Å². The van der Waals surface area contributed by atoms with E-state index in [9.17, 15) is 0 Å². The minimum absolute atomic E-state index is 0.0981. The van der Waals surface area contributed by atoms with Crippen LogP contribution in [0.5, 0.6) is 0 Å². The van der Waals surface area contributed by atoms with E-state index in [1.165, 1.54) is 76.8 Å². The third kappa shape index (κ3) is 4.91. The van der Waals surface area contributed by atoms with Crippen molar-refractivity contribution in [2.75, 3.05) is 13.6 Å². The fourth-order valence-corrected chi connectivity index (χ4v) is 7.37. The molecular formula is C44H40N2. The van der Waals surface area contributed by atoms with E-state index in [0.717, 1.165) is 6.54 Å². The second kappa shape index (κ2) is 11.9. The van der Waals surface area contributed by atoms with Gasteiger partial charge in [0.05, 0.1) is 0 Å². The monoisotopic (exact) mass is 596 g/mol. The van der Waals surface area contributed by atoms with Crippen LogP contribution in [0, 0.1) is 0 Å². The first-order valence-corrected chi connectivity index (χ1v) is 16.1. The van der Waals surface area contributed by atoms with E-state index in [1.54, 1.807) is 6.20 Å². The second-order valence-electron chi connectivity index (χ2n) is 12.8. The summed E-state index contributed by atoms with van der Waals surface area (Å²) in [7, 11) is 2.13. The zero-order valence-electron chi connectivity index (χ0n) is 27.1. The molecule has 0 saturated carbocycles. The molecule has 2 heteroatoms. The van der Waals surface area contributed by atoms with Gasteiger partial charge in [0.15, 0.2) is 0 Å². The normalized spacial score (nSPS) is 14.3. The molecule has 0 unspecified atom stereocenters. The van der Waals surface area contributed by atoms with E-state index < -0.39 is 0 Å². The van der Waals surface area contributed by atoms with E-state index in [-0.39, 0.29) is 5.41 Å². The number of likely N-dealkylation sites (N-methyl/N-ethyl adjacent to an activating group) is 1. The summed E-state index contributed by atoms with van der Waals surface area (Å²) in [6.07, 6.45) is 14.2. The average Bonchev–Trinajstić information content (AvgIpc) is 3.29. The Labute approximate surface area is 272 Å². The van der Waals surface area contributed by atoms with Crippen molar-refractivity contribution in [3.8, 4) is 22.3 Å². The first-order chi connectivity index (χ1) is 22.4. The second-order valence-corrected chi connectivity index (χ2v) is 12.8. The van der Waals surface area contributed by atoms with Crippen molar-refractivity contribution in [2.45, 2.75) is 26.2 Å². The van der Waals surface area contributed by atoms with Crippen LogP contribution in [0.25, 0.3) is 60.1 Å². The lowest BCUT2D eigenvalue weighted by Gasteiger charge is -2.24. The lowest BCUT2D eigenvalue weighted by Crippen LogP contribution is -2.15. The summed E-state index contributed by atoms with van der Waals surface area (Å²) in [4.78, 5) is 2.24. The minimum Gasteiger partial charge on any atom is -0.405 e. The third-order valence-electron chi connectivity index (χ3n) is 9.51. The highest BCUT2D eigenvalue weighted by atomic mass is 15.1. The number of fused-ring (bicyclic) bond motifs is 6. The summed E-state index contributed by atoms with van der Waals surface area (Å²) in [6, 6.07) is 38.4. The molecule has 0 aromatic heterocycles.